The van der Waals surface area contributed by atoms with Crippen LogP contribution in [0.1, 0.15) is 0 Å². The maximum Gasteiger partial charge on any atom is 0.138 e. The van der Waals surface area contributed by atoms with Crippen LogP contribution in [0.3, 0.4) is 0 Å². The average molecular weight is 159 g/mol. The lowest BCUT2D eigenvalue weighted by molar-refractivity contribution is 0.967. The molecular weight excluding hydrogens is 154 g/mol. The van der Waals surface area contributed by atoms with Gasteiger partial charge in [0.05, 0.1) is 12.4 Å². The van der Waals surface area contributed by atoms with Crippen molar-refractivity contribution < 1.29 is 0 Å². The Balaban J connectivity index is 2.46. The van der Waals surface area contributed by atoms with Crippen LogP contribution in [-0.2, 0) is 0 Å². The van der Waals surface area contributed by atoms with Crippen molar-refractivity contribution in [2.24, 2.45) is 0 Å². The third kappa shape index (κ3) is 1.24. The Morgan fingerprint density at radius 3 is 2.42 bits per heavy atom. The molecule has 2 aromatic heterocycles. The lowest BCUT2D eigenvalue weighted by atomic mass is 10.3. The second-order valence-electron chi connectivity index (χ2n) is 2.08. The highest BCUT2D eigenvalue weighted by atomic mass is 15.1. The highest BCUT2D eigenvalue weighted by molar-refractivity contribution is 5.49. The molecule has 0 aliphatic carbocycles. The molecule has 5 heteroatoms. The van der Waals surface area contributed by atoms with Gasteiger partial charge in [-0.1, -0.05) is 0 Å². The molecule has 12 heavy (non-hydrogen) atoms. The zero-order valence-corrected chi connectivity index (χ0v) is 6.12. The molecule has 2 aromatic rings. The lowest BCUT2D eigenvalue weighted by Crippen LogP contribution is -1.90. The molecule has 0 aromatic carbocycles. The van der Waals surface area contributed by atoms with E-state index in [1.165, 1.54) is 6.33 Å². The summed E-state index contributed by atoms with van der Waals surface area (Å²) in [6.07, 6.45) is 7.77. The van der Waals surface area contributed by atoms with E-state index in [0.717, 1.165) is 0 Å². The molecule has 0 aliphatic heterocycles. The van der Waals surface area contributed by atoms with Gasteiger partial charge in [0.15, 0.2) is 0 Å². The molecule has 0 aliphatic rings. The van der Waals surface area contributed by atoms with E-state index in [-0.39, 0.29) is 0 Å². The first kappa shape index (κ1) is 6.78. The third-order valence-corrected chi connectivity index (χ3v) is 1.32. The van der Waals surface area contributed by atoms with Crippen LogP contribution in [0, 0.1) is 0 Å². The first-order valence-corrected chi connectivity index (χ1v) is 3.36. The fraction of sp³-hybridized carbons (Fsp3) is 0. The van der Waals surface area contributed by atoms with E-state index in [0.29, 0.717) is 11.4 Å². The van der Waals surface area contributed by atoms with Gasteiger partial charge in [0.2, 0.25) is 0 Å². The number of rotatable bonds is 1. The number of hydrogen-bond donors (Lipinski definition) is 0. The summed E-state index contributed by atoms with van der Waals surface area (Å²) in [6.45, 7) is 0. The largest absolute Gasteiger partial charge is 0.261 e. The van der Waals surface area contributed by atoms with E-state index < -0.39 is 0 Å². The van der Waals surface area contributed by atoms with Crippen molar-refractivity contribution in [3.8, 4) is 11.4 Å². The normalized spacial score (nSPS) is 9.67. The minimum Gasteiger partial charge on any atom is -0.261 e. The standard InChI is InChI=1S/C7H5N5/c1-2-9-6(3-8-1)7-4-11-12-5-10-7/h1-5H. The Kier molecular flexibility index (Phi) is 1.69. The van der Waals surface area contributed by atoms with Crippen molar-refractivity contribution >= 4 is 0 Å². The van der Waals surface area contributed by atoms with Crippen LogP contribution in [-0.4, -0.2) is 25.1 Å². The molecular formula is C7H5N5. The Hall–Kier alpha value is -1.91. The second kappa shape index (κ2) is 3.00. The summed E-state index contributed by atoms with van der Waals surface area (Å²) in [5, 5.41) is 7.24. The van der Waals surface area contributed by atoms with Crippen molar-refractivity contribution in [1.29, 1.82) is 0 Å². The molecule has 0 fully saturated rings. The van der Waals surface area contributed by atoms with Gasteiger partial charge in [-0.05, 0) is 0 Å². The van der Waals surface area contributed by atoms with Gasteiger partial charge < -0.3 is 0 Å². The minimum absolute atomic E-state index is 0.679. The maximum absolute atomic E-state index is 4.06. The van der Waals surface area contributed by atoms with E-state index in [1.54, 1.807) is 24.8 Å². The monoisotopic (exact) mass is 159 g/mol. The summed E-state index contributed by atoms with van der Waals surface area (Å²) in [6, 6.07) is 0. The maximum atomic E-state index is 4.06. The van der Waals surface area contributed by atoms with Crippen LogP contribution in [0.25, 0.3) is 11.4 Å². The molecule has 0 amide bonds. The fourth-order valence-electron chi connectivity index (χ4n) is 0.803. The van der Waals surface area contributed by atoms with Gasteiger partial charge in [-0.25, -0.2) is 4.98 Å². The van der Waals surface area contributed by atoms with Gasteiger partial charge in [0.25, 0.3) is 0 Å². The van der Waals surface area contributed by atoms with Gasteiger partial charge in [0, 0.05) is 12.4 Å². The molecule has 0 saturated heterocycles. The summed E-state index contributed by atoms with van der Waals surface area (Å²) in [5.41, 5.74) is 1.38. The Bertz CT molecular complexity index is 309. The molecule has 0 unspecified atom stereocenters. The number of hydrogen-bond acceptors (Lipinski definition) is 5. The van der Waals surface area contributed by atoms with Crippen molar-refractivity contribution in [2.75, 3.05) is 0 Å². The van der Waals surface area contributed by atoms with Gasteiger partial charge in [0.1, 0.15) is 17.7 Å². The van der Waals surface area contributed by atoms with Crippen LogP contribution in [0.15, 0.2) is 31.1 Å². The zero-order valence-electron chi connectivity index (χ0n) is 6.12. The van der Waals surface area contributed by atoms with E-state index in [2.05, 4.69) is 25.1 Å². The topological polar surface area (TPSA) is 64.5 Å². The predicted octanol–water partition coefficient (Wildman–Crippen LogP) is 0.329. The summed E-state index contributed by atoms with van der Waals surface area (Å²) in [4.78, 5) is 11.9. The minimum atomic E-state index is 0.679. The Labute approximate surface area is 68.6 Å². The van der Waals surface area contributed by atoms with Gasteiger partial charge >= 0.3 is 0 Å². The summed E-state index contributed by atoms with van der Waals surface area (Å²) < 4.78 is 0. The Morgan fingerprint density at radius 2 is 1.75 bits per heavy atom. The smallest absolute Gasteiger partial charge is 0.138 e. The highest BCUT2D eigenvalue weighted by Crippen LogP contribution is 2.07. The van der Waals surface area contributed by atoms with Crippen LogP contribution >= 0.6 is 0 Å². The third-order valence-electron chi connectivity index (χ3n) is 1.32. The van der Waals surface area contributed by atoms with Gasteiger partial charge in [-0.3, -0.25) is 9.97 Å². The average Bonchev–Trinajstić information content (AvgIpc) is 2.21. The van der Waals surface area contributed by atoms with Crippen molar-refractivity contribution in [1.82, 2.24) is 25.1 Å². The van der Waals surface area contributed by atoms with Crippen LogP contribution in [0.4, 0.5) is 0 Å². The van der Waals surface area contributed by atoms with Crippen molar-refractivity contribution in [3.63, 3.8) is 0 Å². The molecule has 0 radical (unpaired) electrons. The summed E-state index contributed by atoms with van der Waals surface area (Å²) in [7, 11) is 0. The fourth-order valence-corrected chi connectivity index (χ4v) is 0.803. The van der Waals surface area contributed by atoms with Crippen molar-refractivity contribution in [3.05, 3.63) is 31.1 Å². The van der Waals surface area contributed by atoms with Crippen LogP contribution in [0.2, 0.25) is 0 Å². The second-order valence-corrected chi connectivity index (χ2v) is 2.08. The molecule has 0 saturated carbocycles. The summed E-state index contributed by atoms with van der Waals surface area (Å²) >= 11 is 0. The molecule has 2 rings (SSSR count). The molecule has 0 bridgehead atoms. The zero-order chi connectivity index (χ0) is 8.23. The van der Waals surface area contributed by atoms with Crippen LogP contribution in [0.5, 0.6) is 0 Å². The van der Waals surface area contributed by atoms with E-state index in [1.807, 2.05) is 0 Å². The van der Waals surface area contributed by atoms with Crippen molar-refractivity contribution in [2.45, 2.75) is 0 Å². The first-order valence-electron chi connectivity index (χ1n) is 3.36. The quantitative estimate of drug-likeness (QED) is 0.599. The molecule has 0 spiro atoms. The van der Waals surface area contributed by atoms with E-state index in [4.69, 9.17) is 0 Å². The lowest BCUT2D eigenvalue weighted by Gasteiger charge is -1.94. The predicted molar refractivity (Wildman–Crippen MR) is 40.9 cm³/mol. The highest BCUT2D eigenvalue weighted by Gasteiger charge is 1.97. The molecule has 2 heterocycles. The molecule has 0 N–H and O–H groups in total. The molecule has 0 atom stereocenters. The first-order chi connectivity index (χ1) is 5.97. The van der Waals surface area contributed by atoms with Crippen LogP contribution < -0.4 is 0 Å². The van der Waals surface area contributed by atoms with E-state index >= 15 is 0 Å². The van der Waals surface area contributed by atoms with E-state index in [9.17, 15) is 0 Å². The van der Waals surface area contributed by atoms with Gasteiger partial charge in [-0.15, -0.1) is 5.10 Å². The van der Waals surface area contributed by atoms with Gasteiger partial charge in [-0.2, -0.15) is 5.10 Å². The Morgan fingerprint density at radius 1 is 0.833 bits per heavy atom. The molecule has 58 valence electrons. The SMILES string of the molecule is c1cnc(-c2cnncn2)cn1. The molecule has 5 nitrogen and oxygen atoms in total. The number of nitrogens with zero attached hydrogens (tertiary/aromatic N) is 5. The number of aromatic nitrogens is 5. The summed E-state index contributed by atoms with van der Waals surface area (Å²) in [5.74, 6) is 0.